The third kappa shape index (κ3) is 3.88. The van der Waals surface area contributed by atoms with Crippen LogP contribution in [-0.4, -0.2) is 32.9 Å². The Hall–Kier alpha value is -3.70. The predicted octanol–water partition coefficient (Wildman–Crippen LogP) is 3.42. The number of carboxylic acids is 1. The number of carboxylic acid groups (broad SMARTS) is 1. The lowest BCUT2D eigenvalue weighted by Crippen LogP contribution is -2.21. The number of aromatic nitrogens is 2. The van der Waals surface area contributed by atoms with E-state index < -0.39 is 5.97 Å². The Kier molecular flexibility index (Phi) is 5.46. The number of carbonyl (C=O) groups is 1. The lowest BCUT2D eigenvalue weighted by atomic mass is 10.0. The van der Waals surface area contributed by atoms with E-state index in [0.717, 1.165) is 24.0 Å². The first-order chi connectivity index (χ1) is 14.6. The Morgan fingerprint density at radius 1 is 1.33 bits per heavy atom. The zero-order valence-corrected chi connectivity index (χ0v) is 16.1. The lowest BCUT2D eigenvalue weighted by Gasteiger charge is -2.14. The summed E-state index contributed by atoms with van der Waals surface area (Å²) in [7, 11) is 0. The maximum Gasteiger partial charge on any atom is 0.303 e. The van der Waals surface area contributed by atoms with Crippen LogP contribution < -0.4 is 5.32 Å². The number of nitrogens with zero attached hydrogens (tertiary/aromatic N) is 3. The van der Waals surface area contributed by atoms with Gasteiger partial charge in [-0.05, 0) is 55.1 Å². The first-order valence-electron chi connectivity index (χ1n) is 9.71. The minimum atomic E-state index is -0.783. The van der Waals surface area contributed by atoms with Crippen LogP contribution in [0.3, 0.4) is 0 Å². The van der Waals surface area contributed by atoms with Crippen LogP contribution in [0.4, 0.5) is 0 Å². The van der Waals surface area contributed by atoms with Crippen molar-refractivity contribution in [2.24, 2.45) is 0 Å². The molecule has 0 aliphatic heterocycles. The van der Waals surface area contributed by atoms with Crippen molar-refractivity contribution in [1.82, 2.24) is 15.5 Å². The molecule has 152 valence electrons. The molecule has 8 nitrogen and oxygen atoms in total. The van der Waals surface area contributed by atoms with Gasteiger partial charge in [0, 0.05) is 23.6 Å². The molecule has 0 amide bonds. The average molecular weight is 404 g/mol. The Morgan fingerprint density at radius 2 is 2.20 bits per heavy atom. The van der Waals surface area contributed by atoms with E-state index in [1.807, 2.05) is 18.2 Å². The van der Waals surface area contributed by atoms with Gasteiger partial charge in [-0.3, -0.25) is 4.79 Å². The summed E-state index contributed by atoms with van der Waals surface area (Å²) in [5, 5.41) is 35.1. The van der Waals surface area contributed by atoms with Gasteiger partial charge in [-0.15, -0.1) is 0 Å². The zero-order chi connectivity index (χ0) is 21.1. The van der Waals surface area contributed by atoms with E-state index in [1.165, 1.54) is 17.7 Å². The van der Waals surface area contributed by atoms with Gasteiger partial charge < -0.3 is 20.1 Å². The second-order valence-corrected chi connectivity index (χ2v) is 7.18. The van der Waals surface area contributed by atoms with E-state index in [1.54, 1.807) is 6.07 Å². The van der Waals surface area contributed by atoms with E-state index >= 15 is 0 Å². The van der Waals surface area contributed by atoms with E-state index in [0.29, 0.717) is 24.4 Å². The Balaban J connectivity index is 1.55. The van der Waals surface area contributed by atoms with Gasteiger partial charge in [0.05, 0.1) is 5.56 Å². The first-order valence-corrected chi connectivity index (χ1v) is 9.71. The number of aliphatic carboxylic acids is 1. The fourth-order valence-electron chi connectivity index (χ4n) is 3.80. The highest BCUT2D eigenvalue weighted by molar-refractivity contribution is 5.67. The number of rotatable bonds is 7. The molecule has 1 atom stereocenters. The summed E-state index contributed by atoms with van der Waals surface area (Å²) in [4.78, 5) is 15.2. The number of phenols is 1. The van der Waals surface area contributed by atoms with Crippen molar-refractivity contribution in [3.05, 3.63) is 53.1 Å². The predicted molar refractivity (Wildman–Crippen MR) is 107 cm³/mol. The van der Waals surface area contributed by atoms with Crippen molar-refractivity contribution >= 4 is 5.97 Å². The van der Waals surface area contributed by atoms with Gasteiger partial charge in [0.15, 0.2) is 0 Å². The standard InChI is InChI=1S/C22H20N4O4/c23-12-14-11-13(6-9-19(14)27)22-25-21(26-30-22)17-4-1-3-16-15(17)7-8-18(16)24-10-2-5-20(28)29/h1,3-4,6,9,11,18,24,27H,2,5,7-8,10H2,(H,28,29)/t18-/m0/s1. The van der Waals surface area contributed by atoms with Gasteiger partial charge in [0.2, 0.25) is 5.82 Å². The molecule has 4 rings (SSSR count). The van der Waals surface area contributed by atoms with Crippen molar-refractivity contribution in [3.63, 3.8) is 0 Å². The molecule has 8 heteroatoms. The van der Waals surface area contributed by atoms with E-state index in [9.17, 15) is 9.90 Å². The van der Waals surface area contributed by atoms with Gasteiger partial charge in [-0.1, -0.05) is 23.4 Å². The minimum absolute atomic E-state index is 0.0937. The molecule has 0 bridgehead atoms. The number of phenolic OH excluding ortho intramolecular Hbond substituents is 1. The minimum Gasteiger partial charge on any atom is -0.507 e. The summed E-state index contributed by atoms with van der Waals surface area (Å²) in [6, 6.07) is 12.7. The number of hydrogen-bond acceptors (Lipinski definition) is 7. The van der Waals surface area contributed by atoms with Crippen molar-refractivity contribution in [3.8, 4) is 34.7 Å². The molecule has 0 fully saturated rings. The normalized spacial score (nSPS) is 15.0. The number of hydrogen-bond donors (Lipinski definition) is 3. The highest BCUT2D eigenvalue weighted by Gasteiger charge is 2.26. The molecule has 1 aliphatic rings. The fourth-order valence-corrected chi connectivity index (χ4v) is 3.80. The van der Waals surface area contributed by atoms with Gasteiger partial charge in [-0.25, -0.2) is 0 Å². The number of aromatic hydroxyl groups is 1. The monoisotopic (exact) mass is 404 g/mol. The Labute approximate surface area is 172 Å². The molecule has 1 heterocycles. The molecular formula is C22H20N4O4. The molecular weight excluding hydrogens is 384 g/mol. The molecule has 30 heavy (non-hydrogen) atoms. The maximum atomic E-state index is 10.7. The molecule has 3 aromatic rings. The largest absolute Gasteiger partial charge is 0.507 e. The van der Waals surface area contributed by atoms with Crippen LogP contribution in [0.2, 0.25) is 0 Å². The lowest BCUT2D eigenvalue weighted by molar-refractivity contribution is -0.137. The third-order valence-corrected chi connectivity index (χ3v) is 5.26. The van der Waals surface area contributed by atoms with Gasteiger partial charge in [0.1, 0.15) is 11.8 Å². The van der Waals surface area contributed by atoms with Gasteiger partial charge >= 0.3 is 5.97 Å². The second-order valence-electron chi connectivity index (χ2n) is 7.18. The topological polar surface area (TPSA) is 132 Å². The summed E-state index contributed by atoms with van der Waals surface area (Å²) in [6.07, 6.45) is 2.53. The van der Waals surface area contributed by atoms with Crippen molar-refractivity contribution in [2.45, 2.75) is 31.7 Å². The summed E-state index contributed by atoms with van der Waals surface area (Å²) in [5.41, 5.74) is 3.93. The smallest absolute Gasteiger partial charge is 0.303 e. The molecule has 0 spiro atoms. The molecule has 0 radical (unpaired) electrons. The number of nitrogens with one attached hydrogen (secondary N) is 1. The van der Waals surface area contributed by atoms with E-state index in [4.69, 9.17) is 14.9 Å². The van der Waals surface area contributed by atoms with Gasteiger partial charge in [-0.2, -0.15) is 10.2 Å². The third-order valence-electron chi connectivity index (χ3n) is 5.26. The van der Waals surface area contributed by atoms with Crippen LogP contribution in [-0.2, 0) is 11.2 Å². The Bertz CT molecular complexity index is 1130. The molecule has 0 unspecified atom stereocenters. The average Bonchev–Trinajstić information content (AvgIpc) is 3.39. The first kappa shape index (κ1) is 19.6. The second kappa shape index (κ2) is 8.35. The highest BCUT2D eigenvalue weighted by atomic mass is 16.5. The van der Waals surface area contributed by atoms with E-state index in [-0.39, 0.29) is 29.7 Å². The molecule has 1 aromatic heterocycles. The number of benzene rings is 2. The van der Waals surface area contributed by atoms with Crippen LogP contribution in [0.5, 0.6) is 5.75 Å². The van der Waals surface area contributed by atoms with Crippen molar-refractivity contribution in [2.75, 3.05) is 6.54 Å². The summed E-state index contributed by atoms with van der Waals surface area (Å²) in [6.45, 7) is 0.648. The summed E-state index contributed by atoms with van der Waals surface area (Å²) in [5.74, 6) is -0.126. The molecule has 0 saturated carbocycles. The SMILES string of the molecule is N#Cc1cc(-c2nc(-c3cccc4c3CC[C@@H]4NCCCC(=O)O)no2)ccc1O. The summed E-state index contributed by atoms with van der Waals surface area (Å²) < 4.78 is 5.41. The Morgan fingerprint density at radius 3 is 3.00 bits per heavy atom. The molecule has 2 aromatic carbocycles. The molecule has 0 saturated heterocycles. The quantitative estimate of drug-likeness (QED) is 0.510. The number of fused-ring (bicyclic) bond motifs is 1. The van der Waals surface area contributed by atoms with Crippen LogP contribution in [0.15, 0.2) is 40.9 Å². The van der Waals surface area contributed by atoms with Gasteiger partial charge in [0.25, 0.3) is 5.89 Å². The number of nitriles is 1. The molecule has 3 N–H and O–H groups in total. The molecule has 1 aliphatic carbocycles. The maximum absolute atomic E-state index is 10.7. The highest BCUT2D eigenvalue weighted by Crippen LogP contribution is 2.37. The van der Waals surface area contributed by atoms with Crippen LogP contribution in [0.1, 0.15) is 42.0 Å². The van der Waals surface area contributed by atoms with Crippen molar-refractivity contribution in [1.29, 1.82) is 5.26 Å². The van der Waals surface area contributed by atoms with Crippen LogP contribution in [0.25, 0.3) is 22.8 Å². The summed E-state index contributed by atoms with van der Waals surface area (Å²) >= 11 is 0. The zero-order valence-electron chi connectivity index (χ0n) is 16.1. The fraction of sp³-hybridized carbons (Fsp3) is 0.273. The van der Waals surface area contributed by atoms with E-state index in [2.05, 4.69) is 21.5 Å². The van der Waals surface area contributed by atoms with Crippen LogP contribution in [0, 0.1) is 11.3 Å². The van der Waals surface area contributed by atoms with Crippen molar-refractivity contribution < 1.29 is 19.5 Å². The van der Waals surface area contributed by atoms with Crippen LogP contribution >= 0.6 is 0 Å².